The SMILES string of the molecule is CCCCOCCOC(F)(F)C(=O)OC. The van der Waals surface area contributed by atoms with Crippen LogP contribution >= 0.6 is 0 Å². The van der Waals surface area contributed by atoms with Crippen molar-refractivity contribution in [1.82, 2.24) is 0 Å². The molecule has 6 heteroatoms. The van der Waals surface area contributed by atoms with Gasteiger partial charge in [-0.3, -0.25) is 0 Å². The molecule has 0 aromatic heterocycles. The Labute approximate surface area is 87.5 Å². The number of methoxy groups -OCH3 is 1. The second kappa shape index (κ2) is 7.53. The maximum Gasteiger partial charge on any atom is 0.456 e. The largest absolute Gasteiger partial charge is 0.463 e. The summed E-state index contributed by atoms with van der Waals surface area (Å²) < 4.78 is 38.1. The van der Waals surface area contributed by atoms with E-state index in [2.05, 4.69) is 9.47 Å². The van der Waals surface area contributed by atoms with E-state index >= 15 is 0 Å². The van der Waals surface area contributed by atoms with Crippen molar-refractivity contribution in [2.75, 3.05) is 26.9 Å². The van der Waals surface area contributed by atoms with Crippen LogP contribution in [0.3, 0.4) is 0 Å². The first-order chi connectivity index (χ1) is 7.04. The van der Waals surface area contributed by atoms with Crippen LogP contribution in [0.4, 0.5) is 8.78 Å². The van der Waals surface area contributed by atoms with E-state index in [9.17, 15) is 13.6 Å². The van der Waals surface area contributed by atoms with Gasteiger partial charge in [0.2, 0.25) is 0 Å². The second-order valence-corrected chi connectivity index (χ2v) is 2.82. The van der Waals surface area contributed by atoms with E-state index in [0.29, 0.717) is 6.61 Å². The third kappa shape index (κ3) is 6.35. The summed E-state index contributed by atoms with van der Waals surface area (Å²) in [5.74, 6) is -1.70. The molecule has 0 heterocycles. The lowest BCUT2D eigenvalue weighted by molar-refractivity contribution is -0.250. The molecule has 0 radical (unpaired) electrons. The Hall–Kier alpha value is -0.750. The Kier molecular flexibility index (Phi) is 7.15. The van der Waals surface area contributed by atoms with E-state index < -0.39 is 12.1 Å². The third-order valence-electron chi connectivity index (χ3n) is 1.58. The van der Waals surface area contributed by atoms with Crippen molar-refractivity contribution in [1.29, 1.82) is 0 Å². The number of carbonyl (C=O) groups excluding carboxylic acids is 1. The molecular formula is C9H16F2O4. The Bertz CT molecular complexity index is 185. The Balaban J connectivity index is 3.53. The van der Waals surface area contributed by atoms with Crippen molar-refractivity contribution in [2.24, 2.45) is 0 Å². The van der Waals surface area contributed by atoms with Gasteiger partial charge in [-0.05, 0) is 6.42 Å². The molecule has 0 bridgehead atoms. The molecule has 0 rings (SSSR count). The summed E-state index contributed by atoms with van der Waals surface area (Å²) in [6.07, 6.45) is -2.05. The second-order valence-electron chi connectivity index (χ2n) is 2.82. The van der Waals surface area contributed by atoms with Crippen molar-refractivity contribution in [3.63, 3.8) is 0 Å². The van der Waals surface area contributed by atoms with Crippen LogP contribution < -0.4 is 0 Å². The topological polar surface area (TPSA) is 44.8 Å². The maximum absolute atomic E-state index is 12.6. The van der Waals surface area contributed by atoms with Crippen LogP contribution in [0.2, 0.25) is 0 Å². The highest BCUT2D eigenvalue weighted by molar-refractivity contribution is 5.75. The predicted molar refractivity (Wildman–Crippen MR) is 48.6 cm³/mol. The zero-order chi connectivity index (χ0) is 11.7. The molecule has 0 fully saturated rings. The van der Waals surface area contributed by atoms with Crippen molar-refractivity contribution in [3.8, 4) is 0 Å². The standard InChI is InChI=1S/C9H16F2O4/c1-3-4-5-14-6-7-15-9(10,11)8(12)13-2/h3-7H2,1-2H3. The highest BCUT2D eigenvalue weighted by atomic mass is 19.3. The molecule has 0 aromatic carbocycles. The number of unbranched alkanes of at least 4 members (excludes halogenated alkanes) is 1. The number of esters is 1. The average molecular weight is 226 g/mol. The highest BCUT2D eigenvalue weighted by Crippen LogP contribution is 2.16. The van der Waals surface area contributed by atoms with Crippen LogP contribution in [0.15, 0.2) is 0 Å². The summed E-state index contributed by atoms with van der Waals surface area (Å²) in [6.45, 7) is 2.19. The molecule has 0 aromatic rings. The molecule has 15 heavy (non-hydrogen) atoms. The molecular weight excluding hydrogens is 210 g/mol. The molecule has 0 atom stereocenters. The molecule has 90 valence electrons. The molecule has 4 nitrogen and oxygen atoms in total. The lowest BCUT2D eigenvalue weighted by Crippen LogP contribution is -2.34. The van der Waals surface area contributed by atoms with E-state index in [4.69, 9.17) is 4.74 Å². The van der Waals surface area contributed by atoms with Crippen LogP contribution in [0.1, 0.15) is 19.8 Å². The number of alkyl halides is 2. The zero-order valence-corrected chi connectivity index (χ0v) is 8.92. The molecule has 0 aliphatic carbocycles. The van der Waals surface area contributed by atoms with Crippen molar-refractivity contribution >= 4 is 5.97 Å². The Morgan fingerprint density at radius 2 is 1.93 bits per heavy atom. The van der Waals surface area contributed by atoms with Gasteiger partial charge < -0.3 is 14.2 Å². The Morgan fingerprint density at radius 3 is 2.47 bits per heavy atom. The summed E-state index contributed by atoms with van der Waals surface area (Å²) >= 11 is 0. The fourth-order valence-electron chi connectivity index (χ4n) is 0.755. The van der Waals surface area contributed by atoms with E-state index in [0.717, 1.165) is 20.0 Å². The van der Waals surface area contributed by atoms with Gasteiger partial charge in [0.1, 0.15) is 0 Å². The van der Waals surface area contributed by atoms with E-state index in [-0.39, 0.29) is 13.2 Å². The van der Waals surface area contributed by atoms with Crippen LogP contribution in [0, 0.1) is 0 Å². The van der Waals surface area contributed by atoms with Crippen molar-refractivity contribution in [2.45, 2.75) is 25.9 Å². The minimum Gasteiger partial charge on any atom is -0.463 e. The molecule has 0 saturated carbocycles. The van der Waals surface area contributed by atoms with Gasteiger partial charge in [-0.25, -0.2) is 4.79 Å². The molecule has 0 aliphatic heterocycles. The van der Waals surface area contributed by atoms with Gasteiger partial charge in [0, 0.05) is 6.61 Å². The van der Waals surface area contributed by atoms with Gasteiger partial charge in [-0.1, -0.05) is 13.3 Å². The molecule has 0 saturated heterocycles. The Morgan fingerprint density at radius 1 is 1.27 bits per heavy atom. The lowest BCUT2D eigenvalue weighted by atomic mass is 10.4. The van der Waals surface area contributed by atoms with Gasteiger partial charge >= 0.3 is 12.1 Å². The first-order valence-electron chi connectivity index (χ1n) is 4.72. The van der Waals surface area contributed by atoms with Crippen LogP contribution in [0.5, 0.6) is 0 Å². The third-order valence-corrected chi connectivity index (χ3v) is 1.58. The van der Waals surface area contributed by atoms with Gasteiger partial charge in [0.15, 0.2) is 0 Å². The quantitative estimate of drug-likeness (QED) is 0.465. The highest BCUT2D eigenvalue weighted by Gasteiger charge is 2.41. The molecule has 0 spiro atoms. The molecule has 0 amide bonds. The first kappa shape index (κ1) is 14.2. The average Bonchev–Trinajstić information content (AvgIpc) is 2.22. The predicted octanol–water partition coefficient (Wildman–Crippen LogP) is 1.59. The molecule has 0 N–H and O–H groups in total. The number of rotatable bonds is 8. The molecule has 0 aliphatic rings. The zero-order valence-electron chi connectivity index (χ0n) is 8.92. The van der Waals surface area contributed by atoms with Gasteiger partial charge in [0.05, 0.1) is 20.3 Å². The fourth-order valence-corrected chi connectivity index (χ4v) is 0.755. The molecule has 0 unspecified atom stereocenters. The number of hydrogen-bond donors (Lipinski definition) is 0. The number of ether oxygens (including phenoxy) is 3. The van der Waals surface area contributed by atoms with E-state index in [1.165, 1.54) is 0 Å². The van der Waals surface area contributed by atoms with Crippen LogP contribution in [0.25, 0.3) is 0 Å². The van der Waals surface area contributed by atoms with E-state index in [1.54, 1.807) is 0 Å². The van der Waals surface area contributed by atoms with Gasteiger partial charge in [-0.15, -0.1) is 0 Å². The number of carbonyl (C=O) groups is 1. The number of hydrogen-bond acceptors (Lipinski definition) is 4. The summed E-state index contributed by atoms with van der Waals surface area (Å²) in [5, 5.41) is 0. The minimum absolute atomic E-state index is 0.0343. The summed E-state index contributed by atoms with van der Waals surface area (Å²) in [5.41, 5.74) is 0. The minimum atomic E-state index is -3.89. The summed E-state index contributed by atoms with van der Waals surface area (Å²) in [6, 6.07) is 0. The van der Waals surface area contributed by atoms with Gasteiger partial charge in [0.25, 0.3) is 0 Å². The van der Waals surface area contributed by atoms with E-state index in [1.807, 2.05) is 6.92 Å². The monoisotopic (exact) mass is 226 g/mol. The van der Waals surface area contributed by atoms with Crippen LogP contribution in [-0.4, -0.2) is 39.0 Å². The van der Waals surface area contributed by atoms with Gasteiger partial charge in [-0.2, -0.15) is 8.78 Å². The number of halogens is 2. The van der Waals surface area contributed by atoms with Crippen molar-refractivity contribution < 1.29 is 27.8 Å². The van der Waals surface area contributed by atoms with Crippen molar-refractivity contribution in [3.05, 3.63) is 0 Å². The van der Waals surface area contributed by atoms with Crippen LogP contribution in [-0.2, 0) is 19.0 Å². The lowest BCUT2D eigenvalue weighted by Gasteiger charge is -2.13. The summed E-state index contributed by atoms with van der Waals surface area (Å²) in [7, 11) is 0.872. The first-order valence-corrected chi connectivity index (χ1v) is 4.72. The fraction of sp³-hybridized carbons (Fsp3) is 0.889. The smallest absolute Gasteiger partial charge is 0.456 e. The summed E-state index contributed by atoms with van der Waals surface area (Å²) in [4.78, 5) is 10.5. The maximum atomic E-state index is 12.6. The normalized spacial score (nSPS) is 11.5.